The van der Waals surface area contributed by atoms with Gasteiger partial charge >= 0.3 is 0 Å². The molecule has 66 valence electrons. The third kappa shape index (κ3) is 5.54. The molecular weight excluding hydrogens is 146 g/mol. The van der Waals surface area contributed by atoms with Crippen LogP contribution in [0.15, 0.2) is 48.9 Å². The average molecular weight is 163 g/mol. The second kappa shape index (κ2) is 5.42. The van der Waals surface area contributed by atoms with Crippen LogP contribution in [0.1, 0.15) is 20.3 Å². The van der Waals surface area contributed by atoms with E-state index in [4.69, 9.17) is 0 Å². The van der Waals surface area contributed by atoms with Crippen molar-refractivity contribution in [1.82, 2.24) is 5.32 Å². The van der Waals surface area contributed by atoms with Gasteiger partial charge in [-0.3, -0.25) is 0 Å². The number of rotatable bonds is 5. The Labute approximate surface area is 75.2 Å². The number of hydrogen-bond donors (Lipinski definition) is 1. The molecule has 0 atom stereocenters. The Bertz CT molecular complexity index is 221. The van der Waals surface area contributed by atoms with Crippen LogP contribution >= 0.6 is 0 Å². The lowest BCUT2D eigenvalue weighted by Crippen LogP contribution is -2.08. The first-order valence-corrected chi connectivity index (χ1v) is 4.03. The van der Waals surface area contributed by atoms with Crippen molar-refractivity contribution < 1.29 is 0 Å². The van der Waals surface area contributed by atoms with Crippen LogP contribution in [-0.4, -0.2) is 0 Å². The quantitative estimate of drug-likeness (QED) is 0.614. The summed E-state index contributed by atoms with van der Waals surface area (Å²) in [6, 6.07) is 0. The second-order valence-corrected chi connectivity index (χ2v) is 2.79. The molecule has 0 spiro atoms. The Kier molecular flexibility index (Phi) is 4.86. The van der Waals surface area contributed by atoms with Gasteiger partial charge in [-0.25, -0.2) is 0 Å². The van der Waals surface area contributed by atoms with Gasteiger partial charge in [-0.15, -0.1) is 0 Å². The molecule has 1 heteroatoms. The third-order valence-corrected chi connectivity index (χ3v) is 1.33. The molecule has 0 aliphatic rings. The molecule has 0 heterocycles. The largest absolute Gasteiger partial charge is 0.360 e. The van der Waals surface area contributed by atoms with Crippen LogP contribution in [0.3, 0.4) is 0 Å². The van der Waals surface area contributed by atoms with E-state index in [1.54, 1.807) is 0 Å². The molecule has 1 nitrogen and oxygen atoms in total. The number of nitrogens with one attached hydrogen (secondary N) is 1. The first kappa shape index (κ1) is 10.8. The lowest BCUT2D eigenvalue weighted by Gasteiger charge is -2.05. The minimum absolute atomic E-state index is 0.852. The molecule has 0 amide bonds. The lowest BCUT2D eigenvalue weighted by molar-refractivity contribution is 0.923. The van der Waals surface area contributed by atoms with E-state index in [1.807, 2.05) is 26.0 Å². The maximum Gasteiger partial charge on any atom is 0.0308 e. The fraction of sp³-hybridized carbons (Fsp3) is 0.273. The summed E-state index contributed by atoms with van der Waals surface area (Å²) < 4.78 is 0. The molecule has 0 aliphatic heterocycles. The van der Waals surface area contributed by atoms with Crippen LogP contribution in [0.5, 0.6) is 0 Å². The number of hydrogen-bond acceptors (Lipinski definition) is 1. The van der Waals surface area contributed by atoms with Crippen LogP contribution in [0.25, 0.3) is 0 Å². The molecule has 12 heavy (non-hydrogen) atoms. The first-order valence-electron chi connectivity index (χ1n) is 4.03. The van der Waals surface area contributed by atoms with Gasteiger partial charge in [-0.1, -0.05) is 38.3 Å². The normalized spacial score (nSPS) is 9.83. The van der Waals surface area contributed by atoms with Crippen LogP contribution in [0.4, 0.5) is 0 Å². The van der Waals surface area contributed by atoms with Crippen molar-refractivity contribution in [3.8, 4) is 0 Å². The minimum atomic E-state index is 0.852. The summed E-state index contributed by atoms with van der Waals surface area (Å²) >= 11 is 0. The summed E-state index contributed by atoms with van der Waals surface area (Å²) in [5, 5.41) is 3.07. The van der Waals surface area contributed by atoms with Gasteiger partial charge in [0.15, 0.2) is 0 Å². The van der Waals surface area contributed by atoms with E-state index in [0.717, 1.165) is 23.4 Å². The summed E-state index contributed by atoms with van der Waals surface area (Å²) in [4.78, 5) is 0. The van der Waals surface area contributed by atoms with Gasteiger partial charge in [-0.2, -0.15) is 0 Å². The van der Waals surface area contributed by atoms with E-state index in [9.17, 15) is 0 Å². The van der Waals surface area contributed by atoms with Crippen LogP contribution < -0.4 is 5.32 Å². The van der Waals surface area contributed by atoms with E-state index in [2.05, 4.69) is 25.1 Å². The van der Waals surface area contributed by atoms with Crippen molar-refractivity contribution in [3.63, 3.8) is 0 Å². The maximum atomic E-state index is 3.81. The predicted octanol–water partition coefficient (Wildman–Crippen LogP) is 3.15. The number of allylic oxidation sites excluding steroid dienone is 4. The molecule has 0 radical (unpaired) electrons. The van der Waals surface area contributed by atoms with E-state index < -0.39 is 0 Å². The standard InChI is InChI=1S/C11H17N/c1-6-10(4)12-11(5)8-7-9(2)3/h7-8,12H,2,4-6H2,1,3H3/b8-7-. The van der Waals surface area contributed by atoms with Gasteiger partial charge in [0.2, 0.25) is 0 Å². The van der Waals surface area contributed by atoms with Crippen molar-refractivity contribution >= 4 is 0 Å². The predicted molar refractivity (Wildman–Crippen MR) is 55.7 cm³/mol. The highest BCUT2D eigenvalue weighted by Gasteiger charge is 1.88. The van der Waals surface area contributed by atoms with Gasteiger partial charge < -0.3 is 5.32 Å². The van der Waals surface area contributed by atoms with Crippen LogP contribution in [-0.2, 0) is 0 Å². The molecule has 0 saturated heterocycles. The zero-order valence-electron chi connectivity index (χ0n) is 7.98. The van der Waals surface area contributed by atoms with Gasteiger partial charge in [0, 0.05) is 11.4 Å². The monoisotopic (exact) mass is 163 g/mol. The van der Waals surface area contributed by atoms with E-state index in [1.165, 1.54) is 0 Å². The molecule has 0 rings (SSSR count). The molecular formula is C11H17N. The zero-order valence-corrected chi connectivity index (χ0v) is 7.98. The summed E-state index contributed by atoms with van der Waals surface area (Å²) in [5.41, 5.74) is 2.84. The molecule has 0 fully saturated rings. The third-order valence-electron chi connectivity index (χ3n) is 1.33. The maximum absolute atomic E-state index is 3.81. The van der Waals surface area contributed by atoms with Gasteiger partial charge in [-0.05, 0) is 19.4 Å². The second-order valence-electron chi connectivity index (χ2n) is 2.79. The summed E-state index contributed by atoms with van der Waals surface area (Å²) in [7, 11) is 0. The topological polar surface area (TPSA) is 12.0 Å². The molecule has 1 N–H and O–H groups in total. The Morgan fingerprint density at radius 2 is 1.83 bits per heavy atom. The van der Waals surface area contributed by atoms with Crippen molar-refractivity contribution in [2.24, 2.45) is 0 Å². The molecule has 0 aromatic rings. The Morgan fingerprint density at radius 3 is 2.25 bits per heavy atom. The van der Waals surface area contributed by atoms with Gasteiger partial charge in [0.05, 0.1) is 0 Å². The van der Waals surface area contributed by atoms with Crippen molar-refractivity contribution in [2.45, 2.75) is 20.3 Å². The fourth-order valence-electron chi connectivity index (χ4n) is 0.600. The highest BCUT2D eigenvalue weighted by Crippen LogP contribution is 1.98. The average Bonchev–Trinajstić information content (AvgIpc) is 2.00. The molecule has 0 aromatic carbocycles. The molecule has 0 bridgehead atoms. The molecule has 0 aliphatic carbocycles. The highest BCUT2D eigenvalue weighted by molar-refractivity contribution is 5.23. The Balaban J connectivity index is 3.90. The first-order chi connectivity index (χ1) is 5.56. The van der Waals surface area contributed by atoms with Crippen LogP contribution in [0.2, 0.25) is 0 Å². The van der Waals surface area contributed by atoms with E-state index in [0.29, 0.717) is 0 Å². The smallest absolute Gasteiger partial charge is 0.0308 e. The van der Waals surface area contributed by atoms with Crippen molar-refractivity contribution in [2.75, 3.05) is 0 Å². The molecule has 0 aromatic heterocycles. The van der Waals surface area contributed by atoms with Crippen LogP contribution in [0, 0.1) is 0 Å². The molecule has 0 unspecified atom stereocenters. The highest BCUT2D eigenvalue weighted by atomic mass is 14.9. The molecule has 0 saturated carbocycles. The summed E-state index contributed by atoms with van der Waals surface area (Å²) in [6.45, 7) is 15.4. The summed E-state index contributed by atoms with van der Waals surface area (Å²) in [6.07, 6.45) is 4.72. The van der Waals surface area contributed by atoms with E-state index in [-0.39, 0.29) is 0 Å². The zero-order chi connectivity index (χ0) is 9.56. The minimum Gasteiger partial charge on any atom is -0.360 e. The Morgan fingerprint density at radius 1 is 1.25 bits per heavy atom. The van der Waals surface area contributed by atoms with Crippen molar-refractivity contribution in [1.29, 1.82) is 0 Å². The summed E-state index contributed by atoms with van der Waals surface area (Å²) in [5.74, 6) is 0. The fourth-order valence-corrected chi connectivity index (χ4v) is 0.600. The van der Waals surface area contributed by atoms with E-state index >= 15 is 0 Å². The Hall–Kier alpha value is -1.24. The SMILES string of the molecule is C=C(C)/C=C\C(=C)NC(=C)CC. The van der Waals surface area contributed by atoms with Gasteiger partial charge in [0.1, 0.15) is 0 Å². The lowest BCUT2D eigenvalue weighted by atomic mass is 10.3. The van der Waals surface area contributed by atoms with Crippen molar-refractivity contribution in [3.05, 3.63) is 48.9 Å². The van der Waals surface area contributed by atoms with Gasteiger partial charge in [0.25, 0.3) is 0 Å².